The van der Waals surface area contributed by atoms with E-state index in [1.54, 1.807) is 0 Å². The van der Waals surface area contributed by atoms with Gasteiger partial charge in [0.15, 0.2) is 0 Å². The van der Waals surface area contributed by atoms with Crippen LogP contribution in [0.1, 0.15) is 76.3 Å². The Morgan fingerprint density at radius 1 is 0.547 bits per heavy atom. The summed E-state index contributed by atoms with van der Waals surface area (Å²) in [6.07, 6.45) is 0. The summed E-state index contributed by atoms with van der Waals surface area (Å²) < 4.78 is 0. The molecule has 0 atom stereocenters. The van der Waals surface area contributed by atoms with Gasteiger partial charge in [-0.2, -0.15) is 0 Å². The molecule has 7 aromatic rings. The van der Waals surface area contributed by atoms with Crippen LogP contribution in [-0.4, -0.2) is 6.85 Å². The molecule has 256 valence electrons. The summed E-state index contributed by atoms with van der Waals surface area (Å²) in [5.74, 6) is 0. The van der Waals surface area contributed by atoms with Crippen LogP contribution in [0.4, 0.5) is 28.4 Å². The number of hydrogen-bond donors (Lipinski definition) is 0. The molecule has 2 nitrogen and oxygen atoms in total. The first-order chi connectivity index (χ1) is 25.5. The Morgan fingerprint density at radius 3 is 2.02 bits per heavy atom. The van der Waals surface area contributed by atoms with E-state index >= 15 is 0 Å². The largest absolute Gasteiger partial charge is 0.376 e. The van der Waals surface area contributed by atoms with Crippen LogP contribution in [-0.2, 0) is 16.2 Å². The van der Waals surface area contributed by atoms with Crippen molar-refractivity contribution in [3.05, 3.63) is 161 Å². The van der Waals surface area contributed by atoms with Gasteiger partial charge in [0.2, 0.25) is 0 Å². The van der Waals surface area contributed by atoms with Gasteiger partial charge >= 0.3 is 6.85 Å². The Morgan fingerprint density at radius 2 is 1.23 bits per heavy atom. The van der Waals surface area contributed by atoms with Gasteiger partial charge in [-0.3, -0.25) is 0 Å². The number of fused-ring (bicyclic) bond motifs is 12. The molecule has 0 saturated heterocycles. The second-order valence-electron chi connectivity index (χ2n) is 17.8. The Kier molecular flexibility index (Phi) is 5.92. The molecular weight excluding hydrogens is 639 g/mol. The molecule has 0 unspecified atom stereocenters. The maximum atomic E-state index is 2.75. The highest BCUT2D eigenvalue weighted by atomic mass is 15.2. The Balaban J connectivity index is 1.33. The van der Waals surface area contributed by atoms with E-state index in [0.29, 0.717) is 0 Å². The van der Waals surface area contributed by atoms with Gasteiger partial charge in [-0.1, -0.05) is 158 Å². The molecule has 4 aliphatic rings. The minimum atomic E-state index is -0.191. The van der Waals surface area contributed by atoms with Gasteiger partial charge in [-0.25, -0.2) is 0 Å². The molecule has 0 bridgehead atoms. The van der Waals surface area contributed by atoms with E-state index in [2.05, 4.69) is 192 Å². The minimum Gasteiger partial charge on any atom is -0.376 e. The van der Waals surface area contributed by atoms with E-state index in [9.17, 15) is 0 Å². The number of anilines is 5. The summed E-state index contributed by atoms with van der Waals surface area (Å²) in [7, 11) is 0. The fourth-order valence-corrected chi connectivity index (χ4v) is 10.6. The molecule has 7 aromatic carbocycles. The molecule has 0 fully saturated rings. The van der Waals surface area contributed by atoms with Crippen LogP contribution < -0.4 is 20.6 Å². The zero-order chi connectivity index (χ0) is 36.2. The van der Waals surface area contributed by atoms with Gasteiger partial charge in [0.25, 0.3) is 0 Å². The van der Waals surface area contributed by atoms with E-state index in [0.717, 1.165) is 0 Å². The van der Waals surface area contributed by atoms with E-state index in [1.165, 1.54) is 100 Å². The highest BCUT2D eigenvalue weighted by Crippen LogP contribution is 2.60. The van der Waals surface area contributed by atoms with Crippen molar-refractivity contribution in [2.45, 2.75) is 64.7 Å². The molecule has 53 heavy (non-hydrogen) atoms. The smallest absolute Gasteiger partial charge is 0.333 e. The van der Waals surface area contributed by atoms with Crippen LogP contribution in [0.25, 0.3) is 33.0 Å². The lowest BCUT2D eigenvalue weighted by Gasteiger charge is -2.51. The lowest BCUT2D eigenvalue weighted by Crippen LogP contribution is -2.63. The Labute approximate surface area is 313 Å². The van der Waals surface area contributed by atoms with Crippen molar-refractivity contribution >= 4 is 57.0 Å². The molecular formula is C50H43BN2. The van der Waals surface area contributed by atoms with Gasteiger partial charge in [0.05, 0.1) is 5.69 Å². The second-order valence-corrected chi connectivity index (χ2v) is 17.8. The van der Waals surface area contributed by atoms with Crippen LogP contribution >= 0.6 is 0 Å². The summed E-state index contributed by atoms with van der Waals surface area (Å²) in [4.78, 5) is 5.36. The van der Waals surface area contributed by atoms with E-state index in [4.69, 9.17) is 0 Å². The van der Waals surface area contributed by atoms with Crippen molar-refractivity contribution in [1.82, 2.24) is 0 Å². The number of para-hydroxylation sites is 2. The molecule has 3 heterocycles. The molecule has 0 radical (unpaired) electrons. The molecule has 3 heteroatoms. The fraction of sp³-hybridized carbons (Fsp3) is 0.200. The zero-order valence-electron chi connectivity index (χ0n) is 31.7. The quantitative estimate of drug-likeness (QED) is 0.159. The molecule has 0 spiro atoms. The third-order valence-electron chi connectivity index (χ3n) is 13.1. The van der Waals surface area contributed by atoms with E-state index in [1.807, 2.05) is 0 Å². The minimum absolute atomic E-state index is 0.0316. The van der Waals surface area contributed by atoms with Gasteiger partial charge in [-0.05, 0) is 95.9 Å². The van der Waals surface area contributed by atoms with Crippen LogP contribution in [0.2, 0.25) is 0 Å². The summed E-state index contributed by atoms with van der Waals surface area (Å²) >= 11 is 0. The second kappa shape index (κ2) is 10.1. The third-order valence-corrected chi connectivity index (χ3v) is 13.1. The SMILES string of the molecule is CC(C)(C)c1ccc(N2B3c4cccc5c4N(c4ccccc4C5(C)C)c4cc5ccccc5c(c43)-c3ccc4c(c32)C(C)(C)c2ccccc2-4)cc1. The molecule has 11 rings (SSSR count). The molecule has 0 amide bonds. The summed E-state index contributed by atoms with van der Waals surface area (Å²) in [6.45, 7) is 16.6. The van der Waals surface area contributed by atoms with Crippen molar-refractivity contribution in [3.8, 4) is 22.3 Å². The van der Waals surface area contributed by atoms with Gasteiger partial charge in [-0.15, -0.1) is 0 Å². The molecule has 1 aliphatic carbocycles. The van der Waals surface area contributed by atoms with Gasteiger partial charge in [0, 0.05) is 39.1 Å². The third kappa shape index (κ3) is 3.85. The normalized spacial score (nSPS) is 16.4. The number of rotatable bonds is 1. The maximum absolute atomic E-state index is 2.75. The molecule has 0 N–H and O–H groups in total. The summed E-state index contributed by atoms with van der Waals surface area (Å²) in [6, 6.07) is 51.3. The summed E-state index contributed by atoms with van der Waals surface area (Å²) in [5.41, 5.74) is 21.3. The molecule has 3 aliphatic heterocycles. The van der Waals surface area contributed by atoms with Crippen LogP contribution in [0.3, 0.4) is 0 Å². The highest BCUT2D eigenvalue weighted by molar-refractivity contribution is 6.94. The van der Waals surface area contributed by atoms with Gasteiger partial charge < -0.3 is 9.71 Å². The number of nitrogens with zero attached hydrogens (tertiary/aromatic N) is 2. The van der Waals surface area contributed by atoms with Crippen molar-refractivity contribution in [3.63, 3.8) is 0 Å². The predicted octanol–water partition coefficient (Wildman–Crippen LogP) is 11.8. The maximum Gasteiger partial charge on any atom is 0.333 e. The van der Waals surface area contributed by atoms with Crippen molar-refractivity contribution in [2.24, 2.45) is 0 Å². The first kappa shape index (κ1) is 31.0. The highest BCUT2D eigenvalue weighted by Gasteiger charge is 2.52. The van der Waals surface area contributed by atoms with Crippen molar-refractivity contribution in [1.29, 1.82) is 0 Å². The van der Waals surface area contributed by atoms with Crippen LogP contribution in [0, 0.1) is 0 Å². The molecule has 0 aromatic heterocycles. The first-order valence-corrected chi connectivity index (χ1v) is 19.2. The average molecular weight is 683 g/mol. The predicted molar refractivity (Wildman–Crippen MR) is 226 cm³/mol. The monoisotopic (exact) mass is 682 g/mol. The van der Waals surface area contributed by atoms with E-state index in [-0.39, 0.29) is 23.1 Å². The lowest BCUT2D eigenvalue weighted by atomic mass is 9.42. The number of benzene rings is 7. The van der Waals surface area contributed by atoms with E-state index < -0.39 is 0 Å². The lowest BCUT2D eigenvalue weighted by molar-refractivity contribution is 0.590. The fourth-order valence-electron chi connectivity index (χ4n) is 10.6. The number of hydrogen-bond acceptors (Lipinski definition) is 2. The standard InChI is InChI=1S/C50H43BN2/c1-48(2,3)31-23-25-32(26-24-31)53-46-36(28-27-35-34-17-10-11-18-37(34)50(6,7)44(35)46)43-33-16-9-8-15-30(33)29-42-45(43)51(53)40-21-14-20-39-47(40)52(42)41-22-13-12-19-38(41)49(39,4)5/h8-29H,1-7H3. The molecule has 0 saturated carbocycles. The first-order valence-electron chi connectivity index (χ1n) is 19.2. The van der Waals surface area contributed by atoms with Gasteiger partial charge in [0.1, 0.15) is 0 Å². The Bertz CT molecular complexity index is 2730. The summed E-state index contributed by atoms with van der Waals surface area (Å²) in [5, 5.41) is 2.60. The van der Waals surface area contributed by atoms with Crippen LogP contribution in [0.15, 0.2) is 133 Å². The topological polar surface area (TPSA) is 6.48 Å². The average Bonchev–Trinajstić information content (AvgIpc) is 3.40. The van der Waals surface area contributed by atoms with Crippen LogP contribution in [0.5, 0.6) is 0 Å². The zero-order valence-corrected chi connectivity index (χ0v) is 31.7. The van der Waals surface area contributed by atoms with Crippen molar-refractivity contribution in [2.75, 3.05) is 9.71 Å². The Hall–Kier alpha value is -5.54. The van der Waals surface area contributed by atoms with Crippen molar-refractivity contribution < 1.29 is 0 Å².